The van der Waals surface area contributed by atoms with Crippen LogP contribution in [0.1, 0.15) is 34.5 Å². The highest BCUT2D eigenvalue weighted by molar-refractivity contribution is 5.95. The van der Waals surface area contributed by atoms with Crippen LogP contribution in [0, 0.1) is 11.3 Å². The maximum absolute atomic E-state index is 12.0. The number of amides is 3. The van der Waals surface area contributed by atoms with Gasteiger partial charge in [-0.1, -0.05) is 12.1 Å². The molecule has 0 aliphatic heterocycles. The molecule has 0 saturated heterocycles. The molecule has 0 bridgehead atoms. The molecule has 1 atom stereocenters. The van der Waals surface area contributed by atoms with Crippen LogP contribution >= 0.6 is 0 Å². The Balaban J connectivity index is 1.51. The standard InChI is InChI=1S/C19H17N7O2/c1-13(15-6-8-17(9-7-15)26-12-21-11-22-26)23-19(28)25-24-18(27)16-4-2-14(10-20)3-5-16/h2-9,11-13H,1H3,(H,24,27)(H2,23,25,28). The van der Waals surface area contributed by atoms with Gasteiger partial charge in [-0.05, 0) is 48.9 Å². The molecule has 3 aromatic rings. The molecule has 2 aromatic carbocycles. The van der Waals surface area contributed by atoms with Gasteiger partial charge < -0.3 is 5.32 Å². The molecule has 3 N–H and O–H groups in total. The van der Waals surface area contributed by atoms with Crippen molar-refractivity contribution in [2.45, 2.75) is 13.0 Å². The van der Waals surface area contributed by atoms with Gasteiger partial charge in [0.05, 0.1) is 23.4 Å². The summed E-state index contributed by atoms with van der Waals surface area (Å²) in [6.07, 6.45) is 3.05. The molecule has 1 heterocycles. The number of urea groups is 1. The number of carbonyl (C=O) groups is 2. The van der Waals surface area contributed by atoms with Crippen LogP contribution in [0.25, 0.3) is 5.69 Å². The van der Waals surface area contributed by atoms with Crippen LogP contribution in [0.3, 0.4) is 0 Å². The minimum absolute atomic E-state index is 0.281. The Hall–Kier alpha value is -4.19. The molecule has 9 nitrogen and oxygen atoms in total. The van der Waals surface area contributed by atoms with E-state index in [1.807, 2.05) is 37.3 Å². The third kappa shape index (κ3) is 4.50. The van der Waals surface area contributed by atoms with Crippen LogP contribution in [0.2, 0.25) is 0 Å². The lowest BCUT2D eigenvalue weighted by atomic mass is 10.1. The zero-order valence-electron chi connectivity index (χ0n) is 15.0. The van der Waals surface area contributed by atoms with Crippen molar-refractivity contribution >= 4 is 11.9 Å². The van der Waals surface area contributed by atoms with E-state index < -0.39 is 11.9 Å². The van der Waals surface area contributed by atoms with Gasteiger partial charge in [-0.15, -0.1) is 0 Å². The van der Waals surface area contributed by atoms with Gasteiger partial charge in [0.15, 0.2) is 0 Å². The molecule has 0 saturated carbocycles. The van der Waals surface area contributed by atoms with Crippen molar-refractivity contribution in [2.24, 2.45) is 0 Å². The molecule has 0 aliphatic carbocycles. The first-order valence-corrected chi connectivity index (χ1v) is 8.39. The number of hydrogen-bond acceptors (Lipinski definition) is 5. The van der Waals surface area contributed by atoms with Gasteiger partial charge in [0.2, 0.25) is 0 Å². The van der Waals surface area contributed by atoms with Gasteiger partial charge >= 0.3 is 6.03 Å². The first-order chi connectivity index (χ1) is 13.6. The number of hydrogen-bond donors (Lipinski definition) is 3. The van der Waals surface area contributed by atoms with Crippen molar-refractivity contribution in [1.29, 1.82) is 5.26 Å². The fourth-order valence-electron chi connectivity index (χ4n) is 2.46. The molecule has 0 fully saturated rings. The quantitative estimate of drug-likeness (QED) is 0.600. The van der Waals surface area contributed by atoms with Gasteiger partial charge in [-0.3, -0.25) is 10.2 Å². The molecule has 1 aromatic heterocycles. The summed E-state index contributed by atoms with van der Waals surface area (Å²) in [4.78, 5) is 27.9. The molecular weight excluding hydrogens is 358 g/mol. The van der Waals surface area contributed by atoms with Crippen molar-refractivity contribution in [3.05, 3.63) is 77.9 Å². The van der Waals surface area contributed by atoms with Crippen molar-refractivity contribution in [3.8, 4) is 11.8 Å². The molecule has 28 heavy (non-hydrogen) atoms. The zero-order valence-corrected chi connectivity index (χ0v) is 15.0. The summed E-state index contributed by atoms with van der Waals surface area (Å²) in [5.41, 5.74) is 7.15. The Kier molecular flexibility index (Phi) is 5.62. The summed E-state index contributed by atoms with van der Waals surface area (Å²) < 4.78 is 1.63. The van der Waals surface area contributed by atoms with Crippen LogP contribution in [0.4, 0.5) is 4.79 Å². The second-order valence-electron chi connectivity index (χ2n) is 5.90. The van der Waals surface area contributed by atoms with E-state index in [2.05, 4.69) is 26.3 Å². The topological polar surface area (TPSA) is 125 Å². The van der Waals surface area contributed by atoms with Crippen molar-refractivity contribution in [1.82, 2.24) is 30.9 Å². The SMILES string of the molecule is CC(NC(=O)NNC(=O)c1ccc(C#N)cc1)c1ccc(-n2cncn2)cc1. The number of hydrazine groups is 1. The Morgan fingerprint density at radius 3 is 2.39 bits per heavy atom. The number of rotatable bonds is 4. The molecule has 0 radical (unpaired) electrons. The first-order valence-electron chi connectivity index (χ1n) is 8.39. The number of nitrogens with one attached hydrogen (secondary N) is 3. The van der Waals surface area contributed by atoms with Crippen LogP contribution < -0.4 is 16.2 Å². The lowest BCUT2D eigenvalue weighted by Gasteiger charge is -2.16. The predicted octanol–water partition coefficient (Wildman–Crippen LogP) is 1.84. The third-order valence-corrected chi connectivity index (χ3v) is 3.99. The van der Waals surface area contributed by atoms with Crippen LogP contribution in [-0.4, -0.2) is 26.7 Å². The summed E-state index contributed by atoms with van der Waals surface area (Å²) in [6, 6.07) is 14.7. The second-order valence-corrected chi connectivity index (χ2v) is 5.90. The number of nitriles is 1. The number of benzene rings is 2. The van der Waals surface area contributed by atoms with Crippen LogP contribution in [0.5, 0.6) is 0 Å². The lowest BCUT2D eigenvalue weighted by Crippen LogP contribution is -2.47. The average Bonchev–Trinajstić information content (AvgIpc) is 3.27. The number of carbonyl (C=O) groups excluding carboxylic acids is 2. The molecule has 1 unspecified atom stereocenters. The third-order valence-electron chi connectivity index (χ3n) is 3.99. The van der Waals surface area contributed by atoms with Crippen molar-refractivity contribution < 1.29 is 9.59 Å². The van der Waals surface area contributed by atoms with Gasteiger partial charge in [-0.2, -0.15) is 10.4 Å². The molecular formula is C19H17N7O2. The number of nitrogens with zero attached hydrogens (tertiary/aromatic N) is 4. The van der Waals surface area contributed by atoms with Gasteiger partial charge in [-0.25, -0.2) is 19.9 Å². The van der Waals surface area contributed by atoms with Gasteiger partial charge in [0, 0.05) is 5.56 Å². The van der Waals surface area contributed by atoms with Gasteiger partial charge in [0.1, 0.15) is 12.7 Å². The summed E-state index contributed by atoms with van der Waals surface area (Å²) >= 11 is 0. The largest absolute Gasteiger partial charge is 0.333 e. The van der Waals surface area contributed by atoms with Crippen LogP contribution in [0.15, 0.2) is 61.2 Å². The van der Waals surface area contributed by atoms with E-state index in [-0.39, 0.29) is 6.04 Å². The minimum Gasteiger partial charge on any atom is -0.330 e. The monoisotopic (exact) mass is 375 g/mol. The summed E-state index contributed by atoms with van der Waals surface area (Å²) in [5, 5.41) is 15.5. The van der Waals surface area contributed by atoms with E-state index >= 15 is 0 Å². The molecule has 0 aliphatic rings. The van der Waals surface area contributed by atoms with E-state index in [0.29, 0.717) is 11.1 Å². The smallest absolute Gasteiger partial charge is 0.330 e. The van der Waals surface area contributed by atoms with Crippen LogP contribution in [-0.2, 0) is 0 Å². The Bertz CT molecular complexity index is 990. The lowest BCUT2D eigenvalue weighted by molar-refractivity contribution is 0.0936. The highest BCUT2D eigenvalue weighted by Gasteiger charge is 2.11. The highest BCUT2D eigenvalue weighted by Crippen LogP contribution is 2.15. The van der Waals surface area contributed by atoms with E-state index in [4.69, 9.17) is 5.26 Å². The number of aromatic nitrogens is 3. The summed E-state index contributed by atoms with van der Waals surface area (Å²) in [5.74, 6) is -0.482. The fraction of sp³-hybridized carbons (Fsp3) is 0.105. The average molecular weight is 375 g/mol. The maximum Gasteiger partial charge on any atom is 0.333 e. The van der Waals surface area contributed by atoms with E-state index in [1.165, 1.54) is 30.6 Å². The molecule has 3 amide bonds. The first kappa shape index (κ1) is 18.6. The predicted molar refractivity (Wildman–Crippen MR) is 100 cm³/mol. The van der Waals surface area contributed by atoms with Crippen molar-refractivity contribution in [2.75, 3.05) is 0 Å². The zero-order chi connectivity index (χ0) is 19.9. The Morgan fingerprint density at radius 1 is 1.07 bits per heavy atom. The minimum atomic E-state index is -0.546. The van der Waals surface area contributed by atoms with E-state index in [1.54, 1.807) is 11.0 Å². The van der Waals surface area contributed by atoms with Crippen molar-refractivity contribution in [3.63, 3.8) is 0 Å². The Labute approximate surface area is 161 Å². The molecule has 9 heteroatoms. The highest BCUT2D eigenvalue weighted by atomic mass is 16.2. The van der Waals surface area contributed by atoms with Gasteiger partial charge in [0.25, 0.3) is 5.91 Å². The van der Waals surface area contributed by atoms with E-state index in [0.717, 1.165) is 11.3 Å². The Morgan fingerprint density at radius 2 is 1.79 bits per heavy atom. The second kappa shape index (κ2) is 8.46. The summed E-state index contributed by atoms with van der Waals surface area (Å²) in [7, 11) is 0. The molecule has 0 spiro atoms. The normalized spacial score (nSPS) is 11.1. The fourth-order valence-corrected chi connectivity index (χ4v) is 2.46. The van der Waals surface area contributed by atoms with E-state index in [9.17, 15) is 9.59 Å². The molecule has 140 valence electrons. The maximum atomic E-state index is 12.0. The molecule has 3 rings (SSSR count). The summed E-state index contributed by atoms with van der Waals surface area (Å²) in [6.45, 7) is 1.83.